The van der Waals surface area contributed by atoms with Crippen LogP contribution in [-0.4, -0.2) is 36.6 Å². The molecule has 0 aliphatic carbocycles. The van der Waals surface area contributed by atoms with Gasteiger partial charge >= 0.3 is 12.4 Å². The van der Waals surface area contributed by atoms with Gasteiger partial charge < -0.3 is 14.4 Å². The van der Waals surface area contributed by atoms with Gasteiger partial charge in [-0.25, -0.2) is 0 Å². The summed E-state index contributed by atoms with van der Waals surface area (Å²) in [6, 6.07) is 6.90. The van der Waals surface area contributed by atoms with E-state index in [0.29, 0.717) is 16.7 Å². The van der Waals surface area contributed by atoms with Crippen LogP contribution in [0, 0.1) is 11.3 Å². The predicted octanol–water partition coefficient (Wildman–Crippen LogP) is 4.14. The van der Waals surface area contributed by atoms with Crippen molar-refractivity contribution in [2.24, 2.45) is 0 Å². The number of aromatic nitrogens is 1. The highest BCUT2D eigenvalue weighted by atomic mass is 19.4. The lowest BCUT2D eigenvalue weighted by Gasteiger charge is -2.27. The van der Waals surface area contributed by atoms with E-state index in [1.54, 1.807) is 12.1 Å². The van der Waals surface area contributed by atoms with E-state index in [0.717, 1.165) is 12.1 Å². The third kappa shape index (κ3) is 4.71. The molecular weight excluding hydrogens is 404 g/mol. The number of nitrogens with zero attached hydrogens (tertiary/aromatic N) is 3. The number of pyridine rings is 1. The second-order valence-corrected chi connectivity index (χ2v) is 6.14. The summed E-state index contributed by atoms with van der Waals surface area (Å²) in [5, 5.41) is 8.85. The minimum Gasteiger partial charge on any atom is -0.489 e. The molecule has 11 heteroatoms. The quantitative estimate of drug-likeness (QED) is 0.700. The molecule has 0 saturated carbocycles. The number of hydrogen-bond acceptors (Lipinski definition) is 5. The molecule has 1 aromatic heterocycles. The van der Waals surface area contributed by atoms with Crippen molar-refractivity contribution in [1.29, 1.82) is 5.26 Å². The Morgan fingerprint density at radius 3 is 2.55 bits per heavy atom. The van der Waals surface area contributed by atoms with E-state index < -0.39 is 35.8 Å². The number of alkyl halides is 6. The molecule has 2 heterocycles. The van der Waals surface area contributed by atoms with Crippen molar-refractivity contribution in [3.05, 3.63) is 53.9 Å². The molecule has 29 heavy (non-hydrogen) atoms. The summed E-state index contributed by atoms with van der Waals surface area (Å²) in [6.07, 6.45) is -10.4. The van der Waals surface area contributed by atoms with Gasteiger partial charge in [-0.15, -0.1) is 0 Å². The molecule has 0 radical (unpaired) electrons. The van der Waals surface area contributed by atoms with Crippen molar-refractivity contribution in [1.82, 2.24) is 4.98 Å². The first kappa shape index (κ1) is 20.7. The molecule has 1 aliphatic rings. The highest BCUT2D eigenvalue weighted by molar-refractivity contribution is 5.56. The second kappa shape index (κ2) is 7.79. The number of halogens is 6. The lowest BCUT2D eigenvalue weighted by Crippen LogP contribution is -2.42. The number of rotatable bonds is 4. The molecule has 0 N–H and O–H groups in total. The fourth-order valence-electron chi connectivity index (χ4n) is 2.87. The molecule has 2 aromatic rings. The average Bonchev–Trinajstić information content (AvgIpc) is 3.11. The molecular formula is C18H13F6N3O2. The lowest BCUT2D eigenvalue weighted by atomic mass is 10.1. The Labute approximate surface area is 161 Å². The Morgan fingerprint density at radius 2 is 1.97 bits per heavy atom. The molecule has 1 aromatic carbocycles. The van der Waals surface area contributed by atoms with Crippen molar-refractivity contribution < 1.29 is 35.8 Å². The van der Waals surface area contributed by atoms with E-state index in [2.05, 4.69) is 4.98 Å². The zero-order valence-corrected chi connectivity index (χ0v) is 14.5. The first-order valence-corrected chi connectivity index (χ1v) is 8.22. The van der Waals surface area contributed by atoms with Crippen LogP contribution in [-0.2, 0) is 10.9 Å². The van der Waals surface area contributed by atoms with E-state index >= 15 is 0 Å². The Hall–Kier alpha value is -3.00. The van der Waals surface area contributed by atoms with Crippen molar-refractivity contribution >= 4 is 5.69 Å². The normalized spacial score (nSPS) is 19.8. The maximum Gasteiger partial charge on any atom is 0.433 e. The van der Waals surface area contributed by atoms with Crippen LogP contribution < -0.4 is 9.64 Å². The highest BCUT2D eigenvalue weighted by Gasteiger charge is 2.51. The van der Waals surface area contributed by atoms with Crippen LogP contribution in [0.1, 0.15) is 11.1 Å². The molecule has 1 aliphatic heterocycles. The predicted molar refractivity (Wildman–Crippen MR) is 88.0 cm³/mol. The summed E-state index contributed by atoms with van der Waals surface area (Å²) < 4.78 is 90.1. The molecule has 0 unspecified atom stereocenters. The topological polar surface area (TPSA) is 58.4 Å². The van der Waals surface area contributed by atoms with Gasteiger partial charge in [0.2, 0.25) is 6.23 Å². The molecule has 2 atom stereocenters. The van der Waals surface area contributed by atoms with Gasteiger partial charge in [0.25, 0.3) is 0 Å². The van der Waals surface area contributed by atoms with Crippen LogP contribution in [0.15, 0.2) is 42.7 Å². The molecule has 0 bridgehead atoms. The Kier molecular flexibility index (Phi) is 5.57. The number of benzene rings is 1. The SMILES string of the molecule is N#Cc1ccc(N2C[C@@H](COc3cccnc3)O[C@@H]2C(F)(F)F)cc1C(F)(F)F. The van der Waals surface area contributed by atoms with Gasteiger partial charge in [0.15, 0.2) is 0 Å². The van der Waals surface area contributed by atoms with E-state index in [4.69, 9.17) is 14.7 Å². The summed E-state index contributed by atoms with van der Waals surface area (Å²) in [5.74, 6) is 0.316. The minimum atomic E-state index is -4.89. The number of anilines is 1. The molecule has 5 nitrogen and oxygen atoms in total. The van der Waals surface area contributed by atoms with Crippen LogP contribution >= 0.6 is 0 Å². The van der Waals surface area contributed by atoms with Crippen LogP contribution in [0.4, 0.5) is 32.0 Å². The van der Waals surface area contributed by atoms with Crippen molar-refractivity contribution in [3.8, 4) is 11.8 Å². The monoisotopic (exact) mass is 417 g/mol. The number of hydrogen-bond donors (Lipinski definition) is 0. The van der Waals surface area contributed by atoms with Gasteiger partial charge in [-0.3, -0.25) is 4.98 Å². The number of nitriles is 1. The Bertz CT molecular complexity index is 895. The zero-order chi connectivity index (χ0) is 21.2. The van der Waals surface area contributed by atoms with Crippen molar-refractivity contribution in [3.63, 3.8) is 0 Å². The third-order valence-corrected chi connectivity index (χ3v) is 4.12. The first-order chi connectivity index (χ1) is 13.6. The summed E-state index contributed by atoms with van der Waals surface area (Å²) in [5.41, 5.74) is -2.35. The molecule has 1 fully saturated rings. The third-order valence-electron chi connectivity index (χ3n) is 4.12. The maximum atomic E-state index is 13.4. The van der Waals surface area contributed by atoms with Crippen LogP contribution in [0.25, 0.3) is 0 Å². The molecule has 1 saturated heterocycles. The van der Waals surface area contributed by atoms with Gasteiger partial charge in [-0.1, -0.05) is 0 Å². The average molecular weight is 417 g/mol. The van der Waals surface area contributed by atoms with E-state index in [9.17, 15) is 26.3 Å². The molecule has 3 rings (SSSR count). The van der Waals surface area contributed by atoms with Crippen LogP contribution in [0.2, 0.25) is 0 Å². The first-order valence-electron chi connectivity index (χ1n) is 8.22. The zero-order valence-electron chi connectivity index (χ0n) is 14.5. The van der Waals surface area contributed by atoms with E-state index in [1.807, 2.05) is 0 Å². The summed E-state index contributed by atoms with van der Waals surface area (Å²) in [6.45, 7) is -0.606. The molecule has 0 amide bonds. The van der Waals surface area contributed by atoms with Gasteiger partial charge in [0, 0.05) is 11.9 Å². The number of ether oxygens (including phenoxy) is 2. The molecule has 154 valence electrons. The van der Waals surface area contributed by atoms with Crippen molar-refractivity contribution in [2.75, 3.05) is 18.1 Å². The largest absolute Gasteiger partial charge is 0.489 e. The summed E-state index contributed by atoms with van der Waals surface area (Å²) in [4.78, 5) is 4.48. The van der Waals surface area contributed by atoms with Crippen LogP contribution in [0.3, 0.4) is 0 Å². The summed E-state index contributed by atoms with van der Waals surface area (Å²) in [7, 11) is 0. The Balaban J connectivity index is 1.85. The van der Waals surface area contributed by atoms with E-state index in [1.165, 1.54) is 18.5 Å². The van der Waals surface area contributed by atoms with Crippen LogP contribution in [0.5, 0.6) is 5.75 Å². The van der Waals surface area contributed by atoms with Crippen molar-refractivity contribution in [2.45, 2.75) is 24.7 Å². The maximum absolute atomic E-state index is 13.4. The fraction of sp³-hybridized carbons (Fsp3) is 0.333. The van der Waals surface area contributed by atoms with Gasteiger partial charge in [0.05, 0.1) is 29.9 Å². The molecule has 0 spiro atoms. The van der Waals surface area contributed by atoms with Gasteiger partial charge in [-0.2, -0.15) is 31.6 Å². The van der Waals surface area contributed by atoms with E-state index in [-0.39, 0.29) is 18.8 Å². The minimum absolute atomic E-state index is 0.253. The van der Waals surface area contributed by atoms with Gasteiger partial charge in [-0.05, 0) is 30.3 Å². The smallest absolute Gasteiger partial charge is 0.433 e. The summed E-state index contributed by atoms with van der Waals surface area (Å²) >= 11 is 0. The standard InChI is InChI=1S/C18H13F6N3O2/c19-17(20,21)15-6-12(4-3-11(15)7-25)27-9-14(29-16(27)18(22,23)24)10-28-13-2-1-5-26-8-13/h1-6,8,14,16H,9-10H2/t14-,16+/m0/s1. The lowest BCUT2D eigenvalue weighted by molar-refractivity contribution is -0.215. The van der Waals surface area contributed by atoms with Gasteiger partial charge in [0.1, 0.15) is 18.5 Å². The Morgan fingerprint density at radius 1 is 1.21 bits per heavy atom. The fourth-order valence-corrected chi connectivity index (χ4v) is 2.87. The highest BCUT2D eigenvalue weighted by Crippen LogP contribution is 2.39. The second-order valence-electron chi connectivity index (χ2n) is 6.14.